The minimum Gasteiger partial charge on any atom is -0.507 e. The summed E-state index contributed by atoms with van der Waals surface area (Å²) in [5.41, 5.74) is 4.67. The molecule has 3 heteroatoms. The third-order valence-electron chi connectivity index (χ3n) is 5.40. The van der Waals surface area contributed by atoms with Gasteiger partial charge in [-0.15, -0.1) is 0 Å². The largest absolute Gasteiger partial charge is 0.507 e. The van der Waals surface area contributed by atoms with Crippen molar-refractivity contribution < 1.29 is 10.2 Å². The molecular weight excluding hydrogens is 382 g/mol. The first-order chi connectivity index (χ1) is 15.0. The normalized spacial score (nSPS) is 10.5. The molecule has 0 aromatic heterocycles. The maximum absolute atomic E-state index is 10.9. The average molecular weight is 408 g/mol. The first-order valence-corrected chi connectivity index (χ1v) is 10.3. The van der Waals surface area contributed by atoms with Crippen molar-refractivity contribution in [2.45, 2.75) is 12.8 Å². The van der Waals surface area contributed by atoms with E-state index in [-0.39, 0.29) is 11.5 Å². The van der Waals surface area contributed by atoms with Gasteiger partial charge in [-0.05, 0) is 46.8 Å². The molecule has 0 aliphatic rings. The molecule has 0 aliphatic heterocycles. The van der Waals surface area contributed by atoms with E-state index in [1.807, 2.05) is 79.7 Å². The highest BCUT2D eigenvalue weighted by atomic mass is 16.3. The van der Waals surface area contributed by atoms with Crippen LogP contribution in [-0.4, -0.2) is 24.3 Å². The van der Waals surface area contributed by atoms with E-state index < -0.39 is 0 Å². The van der Waals surface area contributed by atoms with Gasteiger partial charge in [0.15, 0.2) is 0 Å². The highest BCUT2D eigenvalue weighted by Gasteiger charge is 2.13. The molecule has 0 aliphatic carbocycles. The molecule has 0 heterocycles. The topological polar surface area (TPSA) is 43.7 Å². The molecule has 3 nitrogen and oxygen atoms in total. The number of phenolic OH excluding ortho intramolecular Hbond substituents is 2. The Balaban J connectivity index is 1.63. The minimum absolute atomic E-state index is 0.101. The summed E-state index contributed by atoms with van der Waals surface area (Å²) >= 11 is 0. The fraction of sp³-hybridized carbons (Fsp3) is 0.143. The quantitative estimate of drug-likeness (QED) is 0.439. The maximum Gasteiger partial charge on any atom is 0.130 e. The average Bonchev–Trinajstić information content (AvgIpc) is 2.78. The van der Waals surface area contributed by atoms with E-state index in [4.69, 9.17) is 0 Å². The van der Waals surface area contributed by atoms with Crippen molar-refractivity contribution in [3.05, 3.63) is 101 Å². The number of aromatic hydroxyl groups is 2. The van der Waals surface area contributed by atoms with Crippen LogP contribution >= 0.6 is 0 Å². The van der Waals surface area contributed by atoms with E-state index in [0.29, 0.717) is 23.8 Å². The number of fused-ring (bicyclic) bond motifs is 1. The molecule has 0 saturated heterocycles. The molecule has 31 heavy (non-hydrogen) atoms. The zero-order valence-electron chi connectivity index (χ0n) is 17.8. The van der Waals surface area contributed by atoms with Crippen LogP contribution in [0.1, 0.15) is 22.3 Å². The number of benzene rings is 4. The van der Waals surface area contributed by atoms with Crippen molar-refractivity contribution in [3.8, 4) is 23.3 Å². The third kappa shape index (κ3) is 4.65. The Labute approximate surface area is 183 Å². The minimum atomic E-state index is 0.101. The second kappa shape index (κ2) is 8.85. The van der Waals surface area contributed by atoms with Gasteiger partial charge in [-0.1, -0.05) is 60.4 Å². The lowest BCUT2D eigenvalue weighted by Crippen LogP contribution is -2.08. The van der Waals surface area contributed by atoms with Crippen molar-refractivity contribution in [2.75, 3.05) is 19.0 Å². The monoisotopic (exact) mass is 407 g/mol. The number of hydrogen-bond acceptors (Lipinski definition) is 3. The smallest absolute Gasteiger partial charge is 0.130 e. The van der Waals surface area contributed by atoms with Crippen molar-refractivity contribution >= 4 is 16.5 Å². The molecule has 4 aromatic carbocycles. The van der Waals surface area contributed by atoms with Gasteiger partial charge in [0.2, 0.25) is 0 Å². The fourth-order valence-electron chi connectivity index (χ4n) is 3.62. The summed E-state index contributed by atoms with van der Waals surface area (Å²) in [7, 11) is 3.99. The zero-order chi connectivity index (χ0) is 21.8. The summed E-state index contributed by atoms with van der Waals surface area (Å²) in [6.07, 6.45) is 1.12. The Morgan fingerprint density at radius 2 is 1.55 bits per heavy atom. The molecular formula is C28H25NO2. The van der Waals surface area contributed by atoms with Gasteiger partial charge in [-0.2, -0.15) is 0 Å². The number of anilines is 1. The summed E-state index contributed by atoms with van der Waals surface area (Å²) in [5.74, 6) is 6.59. The Hall–Kier alpha value is -3.90. The van der Waals surface area contributed by atoms with Gasteiger partial charge in [0, 0.05) is 49.1 Å². The Morgan fingerprint density at radius 1 is 0.806 bits per heavy atom. The lowest BCUT2D eigenvalue weighted by molar-refractivity contribution is 0.445. The molecule has 0 atom stereocenters. The van der Waals surface area contributed by atoms with Crippen LogP contribution in [0.5, 0.6) is 11.5 Å². The van der Waals surface area contributed by atoms with Crippen LogP contribution in [0.3, 0.4) is 0 Å². The highest BCUT2D eigenvalue weighted by Crippen LogP contribution is 2.37. The van der Waals surface area contributed by atoms with Crippen LogP contribution in [0.25, 0.3) is 10.8 Å². The predicted octanol–water partition coefficient (Wildman–Crippen LogP) is 5.50. The molecule has 0 bridgehead atoms. The van der Waals surface area contributed by atoms with Crippen LogP contribution in [0, 0.1) is 11.8 Å². The Kier molecular flexibility index (Phi) is 5.82. The summed E-state index contributed by atoms with van der Waals surface area (Å²) in [6.45, 7) is 0. The zero-order valence-corrected chi connectivity index (χ0v) is 17.8. The van der Waals surface area contributed by atoms with Crippen molar-refractivity contribution in [2.24, 2.45) is 0 Å². The van der Waals surface area contributed by atoms with E-state index in [1.165, 1.54) is 5.56 Å². The molecule has 0 fully saturated rings. The van der Waals surface area contributed by atoms with E-state index >= 15 is 0 Å². The lowest BCUT2D eigenvalue weighted by Gasteiger charge is -2.14. The molecule has 4 rings (SSSR count). The van der Waals surface area contributed by atoms with Crippen LogP contribution in [0.15, 0.2) is 78.9 Å². The molecule has 0 spiro atoms. The van der Waals surface area contributed by atoms with Crippen LogP contribution in [-0.2, 0) is 12.8 Å². The SMILES string of the molecule is CN(C)c1ccc(Cc2c(O)cc3ccc(C#CCc4ccccc4)cc3c2O)cc1. The lowest BCUT2D eigenvalue weighted by atomic mass is 9.97. The van der Waals surface area contributed by atoms with E-state index in [0.717, 1.165) is 22.2 Å². The van der Waals surface area contributed by atoms with Crippen LogP contribution in [0.4, 0.5) is 5.69 Å². The molecule has 0 saturated carbocycles. The maximum atomic E-state index is 10.9. The van der Waals surface area contributed by atoms with Gasteiger partial charge in [0.05, 0.1) is 0 Å². The van der Waals surface area contributed by atoms with Gasteiger partial charge < -0.3 is 15.1 Å². The summed E-state index contributed by atoms with van der Waals surface area (Å²) in [4.78, 5) is 2.04. The Morgan fingerprint density at radius 3 is 2.26 bits per heavy atom. The van der Waals surface area contributed by atoms with Gasteiger partial charge in [-0.3, -0.25) is 0 Å². The predicted molar refractivity (Wildman–Crippen MR) is 128 cm³/mol. The molecule has 0 radical (unpaired) electrons. The first-order valence-electron chi connectivity index (χ1n) is 10.3. The summed E-state index contributed by atoms with van der Waals surface area (Å²) < 4.78 is 0. The van der Waals surface area contributed by atoms with Gasteiger partial charge >= 0.3 is 0 Å². The van der Waals surface area contributed by atoms with Gasteiger partial charge in [-0.25, -0.2) is 0 Å². The molecule has 4 aromatic rings. The highest BCUT2D eigenvalue weighted by molar-refractivity contribution is 5.92. The van der Waals surface area contributed by atoms with Crippen molar-refractivity contribution in [1.82, 2.24) is 0 Å². The summed E-state index contributed by atoms with van der Waals surface area (Å²) in [6, 6.07) is 25.6. The fourth-order valence-corrected chi connectivity index (χ4v) is 3.62. The first kappa shape index (κ1) is 20.4. The molecule has 0 amide bonds. The number of hydrogen-bond donors (Lipinski definition) is 2. The Bertz CT molecular complexity index is 1260. The number of nitrogens with zero attached hydrogens (tertiary/aromatic N) is 1. The van der Waals surface area contributed by atoms with Crippen molar-refractivity contribution in [1.29, 1.82) is 0 Å². The molecule has 2 N–H and O–H groups in total. The van der Waals surface area contributed by atoms with E-state index in [1.54, 1.807) is 6.07 Å². The summed E-state index contributed by atoms with van der Waals surface area (Å²) in [5, 5.41) is 23.0. The van der Waals surface area contributed by atoms with E-state index in [9.17, 15) is 10.2 Å². The standard InChI is InChI=1S/C28H25NO2/c1-29(2)24-15-12-22(13-16-24)18-26-27(30)19-23-14-11-21(17-25(23)28(26)31)10-6-9-20-7-4-3-5-8-20/h3-5,7-8,11-17,19,30-31H,9,18H2,1-2H3. The van der Waals surface area contributed by atoms with Crippen LogP contribution < -0.4 is 4.90 Å². The third-order valence-corrected chi connectivity index (χ3v) is 5.40. The van der Waals surface area contributed by atoms with E-state index in [2.05, 4.69) is 24.0 Å². The number of rotatable bonds is 4. The van der Waals surface area contributed by atoms with Crippen LogP contribution in [0.2, 0.25) is 0 Å². The van der Waals surface area contributed by atoms with Gasteiger partial charge in [0.25, 0.3) is 0 Å². The molecule has 0 unspecified atom stereocenters. The second-order valence-electron chi connectivity index (χ2n) is 7.86. The number of phenols is 2. The van der Waals surface area contributed by atoms with Gasteiger partial charge in [0.1, 0.15) is 11.5 Å². The van der Waals surface area contributed by atoms with Crippen molar-refractivity contribution in [3.63, 3.8) is 0 Å². The molecule has 154 valence electrons. The second-order valence-corrected chi connectivity index (χ2v) is 7.86.